The molecular formula is C23H36N2O4. The number of carbonyl (C=O) groups is 1. The van der Waals surface area contributed by atoms with E-state index < -0.39 is 11.6 Å². The molecule has 4 bridgehead atoms. The first kappa shape index (κ1) is 19.0. The largest absolute Gasteiger partial charge is 0.355 e. The van der Waals surface area contributed by atoms with Gasteiger partial charge in [-0.05, 0) is 88.0 Å². The fourth-order valence-electron chi connectivity index (χ4n) is 7.15. The van der Waals surface area contributed by atoms with Gasteiger partial charge in [0.15, 0.2) is 0 Å². The quantitative estimate of drug-likeness (QED) is 0.666. The van der Waals surface area contributed by atoms with Gasteiger partial charge in [0.05, 0.1) is 6.54 Å². The van der Waals surface area contributed by atoms with Gasteiger partial charge in [-0.15, -0.1) is 0 Å². The Bertz CT molecular complexity index is 613. The first-order chi connectivity index (χ1) is 14.1. The van der Waals surface area contributed by atoms with Crippen molar-refractivity contribution >= 4 is 5.91 Å². The molecule has 7 aliphatic rings. The lowest BCUT2D eigenvalue weighted by molar-refractivity contribution is -0.390. The van der Waals surface area contributed by atoms with E-state index in [0.717, 1.165) is 56.5 Å². The van der Waals surface area contributed by atoms with Gasteiger partial charge in [-0.1, -0.05) is 0 Å². The van der Waals surface area contributed by atoms with Crippen LogP contribution in [0.4, 0.5) is 0 Å². The van der Waals surface area contributed by atoms with E-state index in [9.17, 15) is 4.79 Å². The predicted molar refractivity (Wildman–Crippen MR) is 106 cm³/mol. The Hall–Kier alpha value is -0.690. The van der Waals surface area contributed by atoms with E-state index in [1.807, 2.05) is 0 Å². The number of hydrogen-bond donors (Lipinski definition) is 2. The smallest absolute Gasteiger partial charge is 0.233 e. The zero-order valence-corrected chi connectivity index (χ0v) is 17.5. The van der Waals surface area contributed by atoms with Gasteiger partial charge in [0, 0.05) is 31.2 Å². The third-order valence-corrected chi connectivity index (χ3v) is 8.82. The maximum atomic E-state index is 12.0. The van der Waals surface area contributed by atoms with Crippen molar-refractivity contribution in [2.24, 2.45) is 35.5 Å². The molecule has 2 spiro atoms. The maximum absolute atomic E-state index is 12.0. The Morgan fingerprint density at radius 3 is 2.14 bits per heavy atom. The van der Waals surface area contributed by atoms with Crippen LogP contribution in [0.2, 0.25) is 0 Å². The van der Waals surface area contributed by atoms with Crippen LogP contribution >= 0.6 is 0 Å². The topological polar surface area (TPSA) is 68.8 Å². The summed E-state index contributed by atoms with van der Waals surface area (Å²) < 4.78 is 6.77. The Morgan fingerprint density at radius 2 is 1.48 bits per heavy atom. The Kier molecular flexibility index (Phi) is 4.71. The van der Waals surface area contributed by atoms with Crippen molar-refractivity contribution < 1.29 is 19.3 Å². The van der Waals surface area contributed by atoms with Crippen LogP contribution in [-0.4, -0.2) is 37.1 Å². The zero-order chi connectivity index (χ0) is 19.5. The molecule has 0 aromatic rings. The van der Waals surface area contributed by atoms with Crippen molar-refractivity contribution in [2.75, 3.05) is 19.6 Å². The number of amides is 1. The molecule has 6 nitrogen and oxygen atoms in total. The number of rotatable bonds is 6. The van der Waals surface area contributed by atoms with Gasteiger partial charge in [-0.25, -0.2) is 0 Å². The summed E-state index contributed by atoms with van der Waals surface area (Å²) in [4.78, 5) is 24.1. The second kappa shape index (κ2) is 7.18. The lowest BCUT2D eigenvalue weighted by Crippen LogP contribution is -2.59. The Labute approximate surface area is 173 Å². The first-order valence-electron chi connectivity index (χ1n) is 12.2. The average molecular weight is 405 g/mol. The van der Waals surface area contributed by atoms with Gasteiger partial charge < -0.3 is 15.4 Å². The van der Waals surface area contributed by atoms with Gasteiger partial charge in [-0.2, -0.15) is 9.78 Å². The third-order valence-electron chi connectivity index (χ3n) is 8.82. The Morgan fingerprint density at radius 1 is 0.828 bits per heavy atom. The average Bonchev–Trinajstić information content (AvgIpc) is 3.46. The van der Waals surface area contributed by atoms with E-state index in [1.165, 1.54) is 44.9 Å². The van der Waals surface area contributed by atoms with Crippen LogP contribution in [0.5, 0.6) is 0 Å². The van der Waals surface area contributed by atoms with Crippen molar-refractivity contribution in [3.8, 4) is 0 Å². The minimum Gasteiger partial charge on any atom is -0.355 e. The van der Waals surface area contributed by atoms with Gasteiger partial charge in [-0.3, -0.25) is 4.79 Å². The van der Waals surface area contributed by atoms with E-state index in [1.54, 1.807) is 0 Å². The van der Waals surface area contributed by atoms with Gasteiger partial charge >= 0.3 is 0 Å². The highest BCUT2D eigenvalue weighted by Gasteiger charge is 2.66. The molecule has 0 unspecified atom stereocenters. The van der Waals surface area contributed by atoms with Crippen LogP contribution < -0.4 is 10.6 Å². The molecule has 1 heterocycles. The second-order valence-corrected chi connectivity index (χ2v) is 11.0. The van der Waals surface area contributed by atoms with Gasteiger partial charge in [0.2, 0.25) is 17.5 Å². The van der Waals surface area contributed by atoms with E-state index in [-0.39, 0.29) is 5.91 Å². The molecule has 1 aliphatic heterocycles. The molecule has 162 valence electrons. The summed E-state index contributed by atoms with van der Waals surface area (Å²) in [5, 5.41) is 6.37. The Balaban J connectivity index is 0.986. The standard InChI is InChI=1S/C23H36N2O4/c26-21(14-24-12-15-1-2-15)25-13-16-3-5-22(6-4-16)27-23(29-28-22)19-8-17-7-18(10-19)11-20(23)9-17/h15-20,24H,1-14H2,(H,25,26). The molecule has 7 fully saturated rings. The van der Waals surface area contributed by atoms with Gasteiger partial charge in [0.1, 0.15) is 0 Å². The van der Waals surface area contributed by atoms with Crippen molar-refractivity contribution in [3.63, 3.8) is 0 Å². The van der Waals surface area contributed by atoms with Crippen molar-refractivity contribution in [3.05, 3.63) is 0 Å². The van der Waals surface area contributed by atoms with E-state index in [0.29, 0.717) is 24.3 Å². The maximum Gasteiger partial charge on any atom is 0.233 e. The molecule has 6 saturated carbocycles. The summed E-state index contributed by atoms with van der Waals surface area (Å²) in [6.07, 6.45) is 12.9. The molecule has 29 heavy (non-hydrogen) atoms. The third kappa shape index (κ3) is 3.54. The summed E-state index contributed by atoms with van der Waals surface area (Å²) >= 11 is 0. The number of nitrogens with one attached hydrogen (secondary N) is 2. The molecule has 0 aromatic heterocycles. The highest BCUT2D eigenvalue weighted by Crippen LogP contribution is 2.63. The van der Waals surface area contributed by atoms with Crippen LogP contribution in [0.3, 0.4) is 0 Å². The number of ether oxygens (including phenoxy) is 1. The van der Waals surface area contributed by atoms with Crippen LogP contribution in [-0.2, 0) is 19.3 Å². The summed E-state index contributed by atoms with van der Waals surface area (Å²) in [5.41, 5.74) is 0. The minimum atomic E-state index is -0.540. The van der Waals surface area contributed by atoms with Crippen LogP contribution in [0.1, 0.15) is 70.6 Å². The summed E-state index contributed by atoms with van der Waals surface area (Å²) in [5.74, 6) is 3.28. The molecule has 0 radical (unpaired) electrons. The SMILES string of the molecule is O=C(CNCC1CC1)NCC1CCC2(CC1)OOC1(O2)C2CC3CC(C2)CC1C3. The van der Waals surface area contributed by atoms with Crippen molar-refractivity contribution in [2.45, 2.75) is 82.2 Å². The minimum absolute atomic E-state index is 0.121. The van der Waals surface area contributed by atoms with Crippen molar-refractivity contribution in [1.29, 1.82) is 0 Å². The molecule has 0 aromatic carbocycles. The summed E-state index contributed by atoms with van der Waals surface area (Å²) in [6.45, 7) is 2.19. The molecule has 1 amide bonds. The molecule has 0 atom stereocenters. The molecule has 7 rings (SSSR count). The monoisotopic (exact) mass is 404 g/mol. The van der Waals surface area contributed by atoms with E-state index >= 15 is 0 Å². The second-order valence-electron chi connectivity index (χ2n) is 11.0. The molecule has 1 saturated heterocycles. The summed E-state index contributed by atoms with van der Waals surface area (Å²) in [6, 6.07) is 0. The fraction of sp³-hybridized carbons (Fsp3) is 0.957. The van der Waals surface area contributed by atoms with Crippen LogP contribution in [0, 0.1) is 35.5 Å². The lowest BCUT2D eigenvalue weighted by atomic mass is 9.53. The highest BCUT2D eigenvalue weighted by atomic mass is 17.3. The van der Waals surface area contributed by atoms with Crippen molar-refractivity contribution in [1.82, 2.24) is 10.6 Å². The zero-order valence-electron chi connectivity index (χ0n) is 17.5. The molecule has 6 heteroatoms. The molecular weight excluding hydrogens is 368 g/mol. The van der Waals surface area contributed by atoms with E-state index in [2.05, 4.69) is 10.6 Å². The highest BCUT2D eigenvalue weighted by molar-refractivity contribution is 5.77. The van der Waals surface area contributed by atoms with E-state index in [4.69, 9.17) is 14.5 Å². The van der Waals surface area contributed by atoms with Crippen LogP contribution in [0.15, 0.2) is 0 Å². The molecule has 2 N–H and O–H groups in total. The predicted octanol–water partition coefficient (Wildman–Crippen LogP) is 3.12. The normalized spacial score (nSPS) is 47.9. The summed E-state index contributed by atoms with van der Waals surface area (Å²) in [7, 11) is 0. The van der Waals surface area contributed by atoms with Crippen LogP contribution in [0.25, 0.3) is 0 Å². The van der Waals surface area contributed by atoms with Gasteiger partial charge in [0.25, 0.3) is 0 Å². The fourth-order valence-corrected chi connectivity index (χ4v) is 7.15. The first-order valence-corrected chi connectivity index (χ1v) is 12.2. The lowest BCUT2D eigenvalue weighted by Gasteiger charge is -2.57. The number of carbonyl (C=O) groups excluding carboxylic acids is 1. The number of hydrogen-bond acceptors (Lipinski definition) is 5. The molecule has 6 aliphatic carbocycles.